The molecule has 0 saturated carbocycles. The highest BCUT2D eigenvalue weighted by atomic mass is 79.9. The van der Waals surface area contributed by atoms with E-state index in [1.165, 1.54) is 12.1 Å². The summed E-state index contributed by atoms with van der Waals surface area (Å²) in [4.78, 5) is 11.0. The Bertz CT molecular complexity index is 422. The molecule has 0 amide bonds. The Labute approximate surface area is 94.4 Å². The molecule has 1 unspecified atom stereocenters. The smallest absolute Gasteiger partial charge is 0.311 e. The first-order valence-corrected chi connectivity index (χ1v) is 5.35. The molecule has 1 aliphatic rings. The van der Waals surface area contributed by atoms with E-state index in [2.05, 4.69) is 21.2 Å². The van der Waals surface area contributed by atoms with Gasteiger partial charge >= 0.3 is 5.97 Å². The molecule has 0 fully saturated rings. The lowest BCUT2D eigenvalue weighted by Crippen LogP contribution is -2.24. The lowest BCUT2D eigenvalue weighted by molar-refractivity contribution is -0.139. The van der Waals surface area contributed by atoms with Gasteiger partial charge in [-0.05, 0) is 18.6 Å². The molecule has 80 valence electrons. The Morgan fingerprint density at radius 2 is 2.33 bits per heavy atom. The molecule has 1 aromatic carbocycles. The highest BCUT2D eigenvalue weighted by molar-refractivity contribution is 9.10. The standard InChI is InChI=1S/C10H9BrFNO2/c11-6-1-2-7(12)9-8(6)5(10(14)15)3-4-13-9/h1-2,5,13H,3-4H2,(H,14,15). The maximum absolute atomic E-state index is 13.4. The van der Waals surface area contributed by atoms with Crippen LogP contribution in [0, 0.1) is 5.82 Å². The zero-order valence-electron chi connectivity index (χ0n) is 7.76. The first-order valence-electron chi connectivity index (χ1n) is 4.56. The number of carboxylic acids is 1. The highest BCUT2D eigenvalue weighted by Gasteiger charge is 2.29. The predicted molar refractivity (Wildman–Crippen MR) is 57.6 cm³/mol. The Kier molecular flexibility index (Phi) is 2.65. The van der Waals surface area contributed by atoms with Crippen molar-refractivity contribution < 1.29 is 14.3 Å². The van der Waals surface area contributed by atoms with Crippen LogP contribution in [0.3, 0.4) is 0 Å². The average Bonchev–Trinajstić information content (AvgIpc) is 2.23. The summed E-state index contributed by atoms with van der Waals surface area (Å²) in [5.74, 6) is -1.95. The van der Waals surface area contributed by atoms with Crippen molar-refractivity contribution in [3.05, 3.63) is 28.0 Å². The van der Waals surface area contributed by atoms with E-state index in [9.17, 15) is 9.18 Å². The Morgan fingerprint density at radius 3 is 3.00 bits per heavy atom. The van der Waals surface area contributed by atoms with Crippen molar-refractivity contribution in [2.75, 3.05) is 11.9 Å². The van der Waals surface area contributed by atoms with E-state index in [0.29, 0.717) is 28.7 Å². The monoisotopic (exact) mass is 273 g/mol. The maximum atomic E-state index is 13.4. The molecule has 1 aliphatic heterocycles. The summed E-state index contributed by atoms with van der Waals surface area (Å²) in [7, 11) is 0. The van der Waals surface area contributed by atoms with Gasteiger partial charge in [0.1, 0.15) is 5.82 Å². The molecule has 0 spiro atoms. The number of aliphatic carboxylic acids is 1. The van der Waals surface area contributed by atoms with Crippen LogP contribution in [0.25, 0.3) is 0 Å². The fourth-order valence-electron chi connectivity index (χ4n) is 1.82. The van der Waals surface area contributed by atoms with Crippen LogP contribution < -0.4 is 5.32 Å². The number of nitrogens with one attached hydrogen (secondary N) is 1. The number of hydrogen-bond acceptors (Lipinski definition) is 2. The summed E-state index contributed by atoms with van der Waals surface area (Å²) in [6.07, 6.45) is 0.477. The molecule has 1 aromatic rings. The topological polar surface area (TPSA) is 49.3 Å². The van der Waals surface area contributed by atoms with E-state index in [1.54, 1.807) is 0 Å². The van der Waals surface area contributed by atoms with Gasteiger partial charge < -0.3 is 10.4 Å². The van der Waals surface area contributed by atoms with Crippen LogP contribution in [0.2, 0.25) is 0 Å². The van der Waals surface area contributed by atoms with Crippen LogP contribution >= 0.6 is 15.9 Å². The summed E-state index contributed by atoms with van der Waals surface area (Å²) in [6.45, 7) is 0.483. The minimum Gasteiger partial charge on any atom is -0.481 e. The van der Waals surface area contributed by atoms with Gasteiger partial charge in [-0.25, -0.2) is 4.39 Å². The molecule has 0 aromatic heterocycles. The van der Waals surface area contributed by atoms with Gasteiger partial charge in [0.25, 0.3) is 0 Å². The second kappa shape index (κ2) is 3.81. The Morgan fingerprint density at radius 1 is 1.60 bits per heavy atom. The van der Waals surface area contributed by atoms with E-state index in [0.717, 1.165) is 0 Å². The van der Waals surface area contributed by atoms with Gasteiger partial charge in [-0.15, -0.1) is 0 Å². The van der Waals surface area contributed by atoms with Crippen LogP contribution in [0.5, 0.6) is 0 Å². The van der Waals surface area contributed by atoms with Gasteiger partial charge in [0.2, 0.25) is 0 Å². The summed E-state index contributed by atoms with van der Waals surface area (Å²) in [5.41, 5.74) is 0.816. The number of anilines is 1. The first kappa shape index (κ1) is 10.4. The third kappa shape index (κ3) is 1.71. The summed E-state index contributed by atoms with van der Waals surface area (Å²) >= 11 is 3.25. The number of carboxylic acid groups (broad SMARTS) is 1. The third-order valence-corrected chi connectivity index (χ3v) is 3.21. The number of hydrogen-bond donors (Lipinski definition) is 2. The second-order valence-corrected chi connectivity index (χ2v) is 4.28. The van der Waals surface area contributed by atoms with Crippen molar-refractivity contribution >= 4 is 27.6 Å². The molecule has 0 aliphatic carbocycles. The molecule has 2 N–H and O–H groups in total. The molecule has 1 atom stereocenters. The molecule has 1 heterocycles. The van der Waals surface area contributed by atoms with E-state index in [1.807, 2.05) is 0 Å². The molecule has 0 radical (unpaired) electrons. The first-order chi connectivity index (χ1) is 7.11. The van der Waals surface area contributed by atoms with E-state index >= 15 is 0 Å². The van der Waals surface area contributed by atoms with Crippen LogP contribution in [-0.2, 0) is 4.79 Å². The van der Waals surface area contributed by atoms with Crippen molar-refractivity contribution in [1.82, 2.24) is 0 Å². The zero-order valence-corrected chi connectivity index (χ0v) is 9.34. The van der Waals surface area contributed by atoms with Crippen LogP contribution in [0.1, 0.15) is 17.9 Å². The molecule has 0 saturated heterocycles. The minimum atomic E-state index is -0.913. The van der Waals surface area contributed by atoms with Crippen molar-refractivity contribution in [2.24, 2.45) is 0 Å². The number of halogens is 2. The number of rotatable bonds is 1. The summed E-state index contributed by atoms with van der Waals surface area (Å²) in [6, 6.07) is 2.86. The molecule has 3 nitrogen and oxygen atoms in total. The molecule has 5 heteroatoms. The molecular weight excluding hydrogens is 265 g/mol. The van der Waals surface area contributed by atoms with Crippen LogP contribution in [-0.4, -0.2) is 17.6 Å². The van der Waals surface area contributed by atoms with Crippen molar-refractivity contribution in [1.29, 1.82) is 0 Å². The zero-order chi connectivity index (χ0) is 11.0. The quantitative estimate of drug-likeness (QED) is 0.827. The number of benzene rings is 1. The van der Waals surface area contributed by atoms with Gasteiger partial charge in [0, 0.05) is 16.6 Å². The van der Waals surface area contributed by atoms with Crippen LogP contribution in [0.4, 0.5) is 10.1 Å². The molecule has 0 bridgehead atoms. The molecule has 2 rings (SSSR count). The summed E-state index contributed by atoms with van der Waals surface area (Å²) in [5, 5.41) is 11.9. The second-order valence-electron chi connectivity index (χ2n) is 3.42. The maximum Gasteiger partial charge on any atom is 0.311 e. The van der Waals surface area contributed by atoms with Gasteiger partial charge in [-0.1, -0.05) is 15.9 Å². The highest BCUT2D eigenvalue weighted by Crippen LogP contribution is 2.38. The van der Waals surface area contributed by atoms with Gasteiger partial charge in [-0.2, -0.15) is 0 Å². The van der Waals surface area contributed by atoms with Gasteiger partial charge in [-0.3, -0.25) is 4.79 Å². The van der Waals surface area contributed by atoms with Crippen molar-refractivity contribution in [3.8, 4) is 0 Å². The van der Waals surface area contributed by atoms with Gasteiger partial charge in [0.15, 0.2) is 0 Å². The minimum absolute atomic E-state index is 0.308. The van der Waals surface area contributed by atoms with Crippen LogP contribution in [0.15, 0.2) is 16.6 Å². The molecular formula is C10H9BrFNO2. The fourth-order valence-corrected chi connectivity index (χ4v) is 2.43. The predicted octanol–water partition coefficient (Wildman–Crippen LogP) is 2.57. The third-order valence-electron chi connectivity index (χ3n) is 2.52. The van der Waals surface area contributed by atoms with E-state index in [-0.39, 0.29) is 0 Å². The lowest BCUT2D eigenvalue weighted by Gasteiger charge is -2.25. The Balaban J connectivity index is 2.59. The SMILES string of the molecule is O=C(O)C1CCNc2c(F)ccc(Br)c21. The largest absolute Gasteiger partial charge is 0.481 e. The van der Waals surface area contributed by atoms with Crippen molar-refractivity contribution in [2.45, 2.75) is 12.3 Å². The molecule has 15 heavy (non-hydrogen) atoms. The average molecular weight is 274 g/mol. The number of fused-ring (bicyclic) bond motifs is 1. The van der Waals surface area contributed by atoms with Gasteiger partial charge in [0.05, 0.1) is 11.6 Å². The number of carbonyl (C=O) groups is 1. The fraction of sp³-hybridized carbons (Fsp3) is 0.300. The van der Waals surface area contributed by atoms with E-state index < -0.39 is 17.7 Å². The van der Waals surface area contributed by atoms with Crippen molar-refractivity contribution in [3.63, 3.8) is 0 Å². The summed E-state index contributed by atoms with van der Waals surface area (Å²) < 4.78 is 14.0. The normalized spacial score (nSPS) is 19.2. The lowest BCUT2D eigenvalue weighted by atomic mass is 9.91. The Hall–Kier alpha value is -1.10. The van der Waals surface area contributed by atoms with E-state index in [4.69, 9.17) is 5.11 Å².